The highest BCUT2D eigenvalue weighted by Gasteiger charge is 2.39. The summed E-state index contributed by atoms with van der Waals surface area (Å²) >= 11 is 1.35. The number of ether oxygens (including phenoxy) is 6. The zero-order valence-electron chi connectivity index (χ0n) is 51.3. The van der Waals surface area contributed by atoms with Crippen molar-refractivity contribution >= 4 is 90.3 Å². The highest BCUT2D eigenvalue weighted by molar-refractivity contribution is 7.92. The van der Waals surface area contributed by atoms with Crippen molar-refractivity contribution in [3.8, 4) is 33.0 Å². The van der Waals surface area contributed by atoms with E-state index in [4.69, 9.17) is 34.4 Å². The molecule has 3 aromatic carbocycles. The van der Waals surface area contributed by atoms with Crippen molar-refractivity contribution in [3.05, 3.63) is 89.3 Å². The summed E-state index contributed by atoms with van der Waals surface area (Å²) in [4.78, 5) is 90.7. The first-order chi connectivity index (χ1) is 45.1. The van der Waals surface area contributed by atoms with Gasteiger partial charge in [-0.05, 0) is 61.2 Å². The molecule has 0 bridgehead atoms. The summed E-state index contributed by atoms with van der Waals surface area (Å²) in [7, 11) is -2.66. The number of esters is 1. The van der Waals surface area contributed by atoms with Gasteiger partial charge in [0, 0.05) is 66.5 Å². The highest BCUT2D eigenvalue weighted by Crippen LogP contribution is 2.44. The van der Waals surface area contributed by atoms with Crippen molar-refractivity contribution in [1.82, 2.24) is 55.4 Å². The molecule has 0 aliphatic carbocycles. The number of rotatable bonds is 35. The maximum atomic E-state index is 16.0. The molecule has 0 unspecified atom stereocenters. The molecule has 1 saturated heterocycles. The predicted molar refractivity (Wildman–Crippen MR) is 332 cm³/mol. The van der Waals surface area contributed by atoms with E-state index in [1.165, 1.54) is 54.1 Å². The van der Waals surface area contributed by atoms with Crippen LogP contribution < -0.4 is 26.4 Å². The third-order valence-electron chi connectivity index (χ3n) is 14.4. The van der Waals surface area contributed by atoms with Crippen molar-refractivity contribution in [3.63, 3.8) is 0 Å². The van der Waals surface area contributed by atoms with Crippen LogP contribution in [0.2, 0.25) is 0 Å². The Morgan fingerprint density at radius 2 is 1.39 bits per heavy atom. The summed E-state index contributed by atoms with van der Waals surface area (Å²) in [6.07, 6.45) is -1.18. The number of hydrogen-bond donors (Lipinski definition) is 5. The topological polar surface area (TPSA) is 344 Å². The second kappa shape index (κ2) is 34.0. The van der Waals surface area contributed by atoms with Crippen LogP contribution in [0, 0.1) is 11.6 Å². The van der Waals surface area contributed by atoms with E-state index >= 15 is 8.78 Å². The number of piperidine rings is 1. The van der Waals surface area contributed by atoms with Gasteiger partial charge in [0.2, 0.25) is 45.5 Å². The van der Waals surface area contributed by atoms with Crippen molar-refractivity contribution < 1.29 is 87.6 Å². The van der Waals surface area contributed by atoms with Gasteiger partial charge in [0.05, 0.1) is 136 Å². The fourth-order valence-corrected chi connectivity index (χ4v) is 12.3. The van der Waals surface area contributed by atoms with Gasteiger partial charge >= 0.3 is 12.1 Å². The molecule has 34 heteroatoms. The molecule has 1 fully saturated rings. The number of carbonyl (C=O) groups is 6. The summed E-state index contributed by atoms with van der Waals surface area (Å²) in [5, 5.41) is 15.1. The molecule has 27 nitrogen and oxygen atoms in total. The average Bonchev–Trinajstić information content (AvgIpc) is 1.54. The summed E-state index contributed by atoms with van der Waals surface area (Å²) in [6.45, 7) is 3.59. The van der Waals surface area contributed by atoms with Crippen LogP contribution in [-0.4, -0.2) is 195 Å². The molecule has 6 N–H and O–H groups in total. The number of halogens is 5. The molecule has 1 aliphatic heterocycles. The van der Waals surface area contributed by atoms with Gasteiger partial charge in [-0.1, -0.05) is 25.1 Å². The lowest BCUT2D eigenvalue weighted by atomic mass is 9.97. The van der Waals surface area contributed by atoms with Gasteiger partial charge in [0.25, 0.3) is 0 Å². The smallest absolute Gasteiger partial charge is 0.435 e. The minimum absolute atomic E-state index is 0.0272. The highest BCUT2D eigenvalue weighted by atomic mass is 32.2. The normalized spacial score (nSPS) is 12.9. The van der Waals surface area contributed by atoms with E-state index < -0.39 is 88.1 Å². The Kier molecular flexibility index (Phi) is 25.7. The number of anilines is 2. The number of likely N-dealkylation sites (tertiary alicyclic amines) is 1. The summed E-state index contributed by atoms with van der Waals surface area (Å²) in [6, 6.07) is 12.1. The third kappa shape index (κ3) is 19.7. The van der Waals surface area contributed by atoms with E-state index in [1.54, 1.807) is 24.0 Å². The van der Waals surface area contributed by atoms with Crippen molar-refractivity contribution in [2.45, 2.75) is 64.1 Å². The molecule has 94 heavy (non-hydrogen) atoms. The molecule has 0 atom stereocenters. The molecule has 0 saturated carbocycles. The number of nitrogen functional groups attached to an aromatic ring is 1. The van der Waals surface area contributed by atoms with Gasteiger partial charge in [-0.25, -0.2) is 36.8 Å². The molecule has 7 aromatic rings. The van der Waals surface area contributed by atoms with Crippen LogP contribution in [-0.2, 0) is 75.1 Å². The van der Waals surface area contributed by atoms with Gasteiger partial charge in [0.15, 0.2) is 11.5 Å². The van der Waals surface area contributed by atoms with Gasteiger partial charge in [-0.2, -0.15) is 23.4 Å². The first-order valence-electron chi connectivity index (χ1n) is 29.8. The number of nitrogens with one attached hydrogen (secondary N) is 4. The number of sulfonamides is 1. The lowest BCUT2D eigenvalue weighted by Crippen LogP contribution is -2.40. The number of carbonyl (C=O) groups excluding carboxylic acids is 6. The number of aromatic nitrogens is 7. The number of hydrogen-bond acceptors (Lipinski definition) is 21. The fraction of sp³-hybridized carbons (Fsp3) is 0.450. The van der Waals surface area contributed by atoms with Crippen molar-refractivity contribution in [2.75, 3.05) is 122 Å². The minimum atomic E-state index is -5.07. The maximum absolute atomic E-state index is 16.0. The molecule has 5 heterocycles. The van der Waals surface area contributed by atoms with E-state index in [1.807, 2.05) is 0 Å². The molecular formula is C60H70F5N13O14S2. The quantitative estimate of drug-likeness (QED) is 0.0186. The van der Waals surface area contributed by atoms with Gasteiger partial charge in [-0.3, -0.25) is 38.2 Å². The number of thiazole rings is 1. The maximum Gasteiger partial charge on any atom is 0.435 e. The van der Waals surface area contributed by atoms with E-state index in [-0.39, 0.29) is 121 Å². The van der Waals surface area contributed by atoms with Crippen molar-refractivity contribution in [2.24, 2.45) is 0 Å². The van der Waals surface area contributed by atoms with Gasteiger partial charge < -0.3 is 55.0 Å². The Morgan fingerprint density at radius 3 is 2.06 bits per heavy atom. The number of alkyl halides is 3. The Hall–Kier alpha value is -8.67. The molecule has 0 spiro atoms. The first-order valence-corrected chi connectivity index (χ1v) is 32.3. The van der Waals surface area contributed by atoms with Crippen LogP contribution in [0.3, 0.4) is 0 Å². The van der Waals surface area contributed by atoms with E-state index in [0.717, 1.165) is 33.6 Å². The second-order valence-corrected chi connectivity index (χ2v) is 24.0. The lowest BCUT2D eigenvalue weighted by molar-refractivity contribution is -0.141. The van der Waals surface area contributed by atoms with Crippen LogP contribution in [0.4, 0.5) is 33.6 Å². The number of fused-ring (bicyclic) bond motifs is 2. The molecule has 506 valence electrons. The Labute approximate surface area is 539 Å². The van der Waals surface area contributed by atoms with Gasteiger partial charge in [0.1, 0.15) is 18.9 Å². The molecular weight excluding hydrogens is 1290 g/mol. The summed E-state index contributed by atoms with van der Waals surface area (Å²) < 4.78 is 137. The van der Waals surface area contributed by atoms with Crippen LogP contribution in [0.5, 0.6) is 0 Å². The SMILES string of the molecule is CCCS(=O)(=O)Nc1cccc(-c2nc(C3CCN(C(=O)CCOCCOCCOCCOCCOCCNC(=O)CCC(=O)n4ncc5cc(F)c(-c6cccc7c6c(C(F)(F)F)nn7CC(=O)NCC(=O)NCC(=O)OC)cc54)CC3)sc2-c2ccnc(N)n2)c1F. The van der Waals surface area contributed by atoms with Crippen LogP contribution >= 0.6 is 11.3 Å². The average molecular weight is 1360 g/mol. The monoisotopic (exact) mass is 1360 g/mol. The first kappa shape index (κ1) is 71.2. The predicted octanol–water partition coefficient (Wildman–Crippen LogP) is 5.49. The number of methoxy groups -OCH3 is 1. The number of amides is 4. The lowest BCUT2D eigenvalue weighted by Gasteiger charge is -2.31. The van der Waals surface area contributed by atoms with Crippen LogP contribution in [0.15, 0.2) is 67.0 Å². The third-order valence-corrected chi connectivity index (χ3v) is 17.2. The fourth-order valence-electron chi connectivity index (χ4n) is 9.90. The zero-order valence-corrected chi connectivity index (χ0v) is 52.9. The van der Waals surface area contributed by atoms with E-state index in [2.05, 4.69) is 45.6 Å². The number of nitrogens with zero attached hydrogens (tertiary/aromatic N) is 8. The summed E-state index contributed by atoms with van der Waals surface area (Å²) in [5.74, 6) is -5.48. The molecule has 8 rings (SSSR count). The van der Waals surface area contributed by atoms with Gasteiger partial charge in [-0.15, -0.1) is 11.3 Å². The van der Waals surface area contributed by atoms with Crippen LogP contribution in [0.25, 0.3) is 54.8 Å². The van der Waals surface area contributed by atoms with Crippen molar-refractivity contribution in [1.29, 1.82) is 0 Å². The molecule has 1 aliphatic rings. The molecule has 4 aromatic heterocycles. The standard InChI is InChI=1S/C60H70F5N13O14S2/c1-3-30-94(85,86)75-43-8-4-7-40(54(43)62)55-56(44-12-16-68-59(66)72-44)93-58(73-55)37-13-18-76(19-14-37)50(82)15-20-88-22-24-90-26-28-92-29-27-91-25-23-89-21-17-67-47(79)10-11-51(83)78-46-32-41(42(61)31-38(46)33-71-78)39-6-5-9-45-53(39)57(60(63,64)65)74-77(45)36-49(81)69-34-48(80)70-35-52(84)87-2/h4-9,12,16,31-33,37,75H,3,10-11,13-15,17-30,34-36H2,1-2H3,(H,67,79)(H,69,81)(H,70,80)(H2,66,68,72). The van der Waals surface area contributed by atoms with E-state index in [0.29, 0.717) is 81.7 Å². The number of benzene rings is 3. The van der Waals surface area contributed by atoms with Crippen LogP contribution in [0.1, 0.15) is 66.9 Å². The largest absolute Gasteiger partial charge is 0.468 e. The Balaban J connectivity index is 0.660. The Bertz CT molecular complexity index is 3920. The Morgan fingerprint density at radius 1 is 0.734 bits per heavy atom. The van der Waals surface area contributed by atoms with E-state index in [9.17, 15) is 50.4 Å². The molecule has 4 amide bonds. The second-order valence-electron chi connectivity index (χ2n) is 21.1. The zero-order chi connectivity index (χ0) is 67.4. The minimum Gasteiger partial charge on any atom is -0.468 e. The summed E-state index contributed by atoms with van der Waals surface area (Å²) in [5.41, 5.74) is 4.40. The molecule has 0 radical (unpaired) electrons. The number of nitrogens with two attached hydrogens (primary N) is 1.